The van der Waals surface area contributed by atoms with Crippen molar-refractivity contribution in [3.05, 3.63) is 259 Å². The van der Waals surface area contributed by atoms with E-state index in [2.05, 4.69) is 338 Å². The lowest BCUT2D eigenvalue weighted by Gasteiger charge is -2.42. The molecule has 4 nitrogen and oxygen atoms in total. The van der Waals surface area contributed by atoms with E-state index in [1.165, 1.54) is 162 Å². The van der Waals surface area contributed by atoms with E-state index in [4.69, 9.17) is 0 Å². The number of hydrogen-bond donors (Lipinski definition) is 0. The summed E-state index contributed by atoms with van der Waals surface area (Å²) in [6.07, 6.45) is 0. The van der Waals surface area contributed by atoms with Gasteiger partial charge in [-0.1, -0.05) is 234 Å². The topological polar surface area (TPSA) is 18.0 Å². The summed E-state index contributed by atoms with van der Waals surface area (Å²) in [5.41, 5.74) is 25.8. The largest absolute Gasteiger partial charge is 0.311 e. The minimum absolute atomic E-state index is 0.0110. The SMILES string of the molecule is CC(C)(C)c1ccc2c(c1)c1cc(C(C)(C)C)ccc1n2-c1ccc2c(c1)Sc1cc(-n3c4ccccc4c4ccccc43)cc3c1B2c1c(cc(-n2c4ccc(C(C)(C)C)cc4c4cc(C(C)(C)C)ccc42)c2c1sc1ccccc12)N3c1ccccc1-c1ccccc1. The Balaban J connectivity index is 0.988. The lowest BCUT2D eigenvalue weighted by atomic mass is 9.34. The molecular formula is C88H75BN4S2. The van der Waals surface area contributed by atoms with Crippen LogP contribution >= 0.6 is 23.1 Å². The third kappa shape index (κ3) is 8.80. The van der Waals surface area contributed by atoms with Crippen molar-refractivity contribution in [2.75, 3.05) is 4.90 Å². The summed E-state index contributed by atoms with van der Waals surface area (Å²) in [6.45, 7) is 27.9. The van der Waals surface area contributed by atoms with Gasteiger partial charge in [0.2, 0.25) is 0 Å². The van der Waals surface area contributed by atoms with Gasteiger partial charge < -0.3 is 18.6 Å². The van der Waals surface area contributed by atoms with Gasteiger partial charge in [-0.2, -0.15) is 0 Å². The maximum absolute atomic E-state index is 2.69. The number of para-hydroxylation sites is 3. The quantitative estimate of drug-likeness (QED) is 0.160. The molecule has 4 aromatic heterocycles. The van der Waals surface area contributed by atoms with Crippen molar-refractivity contribution in [1.82, 2.24) is 13.7 Å². The Labute approximate surface area is 565 Å². The Morgan fingerprint density at radius 3 is 1.33 bits per heavy atom. The predicted molar refractivity (Wildman–Crippen MR) is 412 cm³/mol. The number of fused-ring (bicyclic) bond motifs is 17. The average molecular weight is 1260 g/mol. The number of aromatic nitrogens is 3. The molecule has 12 aromatic carbocycles. The fourth-order valence-corrected chi connectivity index (χ4v) is 18.5. The number of rotatable bonds is 5. The summed E-state index contributed by atoms with van der Waals surface area (Å²) in [6, 6.07) is 91.6. The molecule has 2 aliphatic heterocycles. The number of nitrogens with zero attached hydrogens (tertiary/aromatic N) is 4. The van der Waals surface area contributed by atoms with Gasteiger partial charge in [-0.05, 0) is 164 Å². The first kappa shape index (κ1) is 58.1. The van der Waals surface area contributed by atoms with E-state index in [0.29, 0.717) is 0 Å². The fourth-order valence-electron chi connectivity index (χ4n) is 15.9. The lowest BCUT2D eigenvalue weighted by Crippen LogP contribution is -2.60. The molecule has 0 fully saturated rings. The van der Waals surface area contributed by atoms with Crippen molar-refractivity contribution >= 4 is 149 Å². The van der Waals surface area contributed by atoms with Crippen LogP contribution in [0.25, 0.3) is 114 Å². The summed E-state index contributed by atoms with van der Waals surface area (Å²) in [4.78, 5) is 5.22. The van der Waals surface area contributed by atoms with Crippen LogP contribution in [0.2, 0.25) is 0 Å². The highest BCUT2D eigenvalue weighted by Gasteiger charge is 2.45. The minimum atomic E-state index is -0.138. The van der Waals surface area contributed by atoms with Crippen molar-refractivity contribution in [2.24, 2.45) is 0 Å². The second-order valence-corrected chi connectivity index (χ2v) is 33.1. The first-order valence-corrected chi connectivity index (χ1v) is 35.4. The Kier molecular flexibility index (Phi) is 12.5. The second kappa shape index (κ2) is 20.5. The summed E-state index contributed by atoms with van der Waals surface area (Å²) in [5.74, 6) is 0. The van der Waals surface area contributed by atoms with Gasteiger partial charge in [0.05, 0.1) is 44.5 Å². The van der Waals surface area contributed by atoms with Crippen molar-refractivity contribution in [2.45, 2.75) is 115 Å². The molecule has 0 spiro atoms. The van der Waals surface area contributed by atoms with Gasteiger partial charge in [-0.25, -0.2) is 0 Å². The van der Waals surface area contributed by atoms with Gasteiger partial charge in [0, 0.05) is 90.6 Å². The third-order valence-corrected chi connectivity index (χ3v) is 23.2. The van der Waals surface area contributed by atoms with Crippen LogP contribution in [0.15, 0.2) is 246 Å². The molecule has 6 heterocycles. The molecule has 0 unspecified atom stereocenters. The van der Waals surface area contributed by atoms with Crippen LogP contribution in [0.1, 0.15) is 105 Å². The van der Waals surface area contributed by atoms with Gasteiger partial charge in [0.15, 0.2) is 0 Å². The Bertz CT molecular complexity index is 5750. The molecule has 7 heteroatoms. The van der Waals surface area contributed by atoms with Crippen LogP contribution in [0.4, 0.5) is 17.1 Å². The van der Waals surface area contributed by atoms with Crippen LogP contribution in [0.5, 0.6) is 0 Å². The van der Waals surface area contributed by atoms with Crippen LogP contribution < -0.4 is 21.3 Å². The van der Waals surface area contributed by atoms with Gasteiger partial charge in [-0.3, -0.25) is 0 Å². The summed E-state index contributed by atoms with van der Waals surface area (Å²) in [5, 5.41) is 10.2. The van der Waals surface area contributed by atoms with E-state index >= 15 is 0 Å². The Morgan fingerprint density at radius 1 is 0.316 bits per heavy atom. The van der Waals surface area contributed by atoms with Crippen LogP contribution in [0, 0.1) is 0 Å². The summed E-state index contributed by atoms with van der Waals surface area (Å²) < 4.78 is 10.3. The van der Waals surface area contributed by atoms with Crippen molar-refractivity contribution in [1.29, 1.82) is 0 Å². The smallest absolute Gasteiger partial charge is 0.251 e. The van der Waals surface area contributed by atoms with E-state index in [1.807, 2.05) is 23.1 Å². The number of thiophene rings is 1. The number of hydrogen-bond acceptors (Lipinski definition) is 3. The molecule has 0 saturated heterocycles. The van der Waals surface area contributed by atoms with E-state index in [-0.39, 0.29) is 28.4 Å². The molecule has 462 valence electrons. The third-order valence-electron chi connectivity index (χ3n) is 20.9. The van der Waals surface area contributed by atoms with E-state index in [9.17, 15) is 0 Å². The van der Waals surface area contributed by atoms with Crippen molar-refractivity contribution in [3.63, 3.8) is 0 Å². The second-order valence-electron chi connectivity index (χ2n) is 31.0. The summed E-state index contributed by atoms with van der Waals surface area (Å²) >= 11 is 3.91. The van der Waals surface area contributed by atoms with Gasteiger partial charge in [0.1, 0.15) is 0 Å². The Morgan fingerprint density at radius 2 is 0.768 bits per heavy atom. The van der Waals surface area contributed by atoms with Crippen molar-refractivity contribution < 1.29 is 0 Å². The lowest BCUT2D eigenvalue weighted by molar-refractivity contribution is 0.590. The normalized spacial score (nSPS) is 13.6. The maximum atomic E-state index is 2.69. The number of anilines is 3. The van der Waals surface area contributed by atoms with E-state index < -0.39 is 0 Å². The highest BCUT2D eigenvalue weighted by Crippen LogP contribution is 2.52. The summed E-state index contributed by atoms with van der Waals surface area (Å²) in [7, 11) is 0. The molecule has 0 radical (unpaired) electrons. The van der Waals surface area contributed by atoms with Crippen LogP contribution in [-0.2, 0) is 21.7 Å². The van der Waals surface area contributed by atoms with E-state index in [1.54, 1.807) is 0 Å². The van der Waals surface area contributed by atoms with Crippen LogP contribution in [0.3, 0.4) is 0 Å². The zero-order valence-corrected chi connectivity index (χ0v) is 57.8. The number of benzene rings is 12. The van der Waals surface area contributed by atoms with Crippen LogP contribution in [-0.4, -0.2) is 20.4 Å². The predicted octanol–water partition coefficient (Wildman–Crippen LogP) is 23.0. The Hall–Kier alpha value is -9.53. The molecule has 18 rings (SSSR count). The molecular weight excluding hydrogens is 1190 g/mol. The fraction of sp³-hybridized carbons (Fsp3) is 0.182. The first-order valence-electron chi connectivity index (χ1n) is 33.8. The zero-order chi connectivity index (χ0) is 64.9. The highest BCUT2D eigenvalue weighted by molar-refractivity contribution is 8.00. The first-order chi connectivity index (χ1) is 45.7. The minimum Gasteiger partial charge on any atom is -0.311 e. The van der Waals surface area contributed by atoms with Gasteiger partial charge in [0.25, 0.3) is 6.71 Å². The monoisotopic (exact) mass is 1260 g/mol. The van der Waals surface area contributed by atoms with Gasteiger partial charge >= 0.3 is 0 Å². The average Bonchev–Trinajstić information content (AvgIpc) is 1.68. The van der Waals surface area contributed by atoms with Gasteiger partial charge in [-0.15, -0.1) is 11.3 Å². The zero-order valence-electron chi connectivity index (χ0n) is 56.2. The highest BCUT2D eigenvalue weighted by atomic mass is 32.2. The standard InChI is InChI=1S/C88H75BN4S2/c1-85(2,3)53-34-40-71-63(44-53)64-45-54(86(4,5)6)35-41-72(64)90(71)57-38-39-67-79(49-57)94-80-50-58(91-69-31-21-17-27-60(69)61-28-18-22-32-70(61)91)48-76-82(80)89(67)83-77(93(76)68-30-20-16-26-59(68)52-24-14-13-15-25-52)51-75(81-62-29-19-23-33-78(62)95-84(81)83)92-73-42-36-55(87(7,8)9)46-65(73)66-47-56(88(10,11)12)37-43-74(66)92/h13-51H,1-12H3. The molecule has 0 saturated carbocycles. The van der Waals surface area contributed by atoms with E-state index in [0.717, 1.165) is 17.1 Å². The molecule has 16 aromatic rings. The molecule has 0 aliphatic carbocycles. The molecule has 2 aliphatic rings. The molecule has 0 bridgehead atoms. The molecule has 0 N–H and O–H groups in total. The molecule has 0 atom stereocenters. The molecule has 0 amide bonds. The maximum Gasteiger partial charge on any atom is 0.251 e. The van der Waals surface area contributed by atoms with Crippen molar-refractivity contribution in [3.8, 4) is 28.2 Å². The molecule has 95 heavy (non-hydrogen) atoms.